The van der Waals surface area contributed by atoms with E-state index in [1.807, 2.05) is 6.07 Å². The molecule has 1 aromatic rings. The Hall–Kier alpha value is -1.59. The van der Waals surface area contributed by atoms with Gasteiger partial charge in [0.25, 0.3) is 0 Å². The fourth-order valence-corrected chi connectivity index (χ4v) is 3.98. The summed E-state index contributed by atoms with van der Waals surface area (Å²) in [5.41, 5.74) is 1.33. The maximum Gasteiger partial charge on any atom is 0.315 e. The number of amides is 2. The third-order valence-electron chi connectivity index (χ3n) is 5.59. The van der Waals surface area contributed by atoms with E-state index in [0.717, 1.165) is 45.7 Å². The second-order valence-corrected chi connectivity index (χ2v) is 7.62. The van der Waals surface area contributed by atoms with Gasteiger partial charge in [0.1, 0.15) is 0 Å². The molecule has 138 valence electrons. The van der Waals surface area contributed by atoms with Crippen molar-refractivity contribution in [1.29, 1.82) is 0 Å². The molecule has 0 spiro atoms. The molecule has 2 saturated heterocycles. The van der Waals surface area contributed by atoms with E-state index < -0.39 is 0 Å². The van der Waals surface area contributed by atoms with Crippen molar-refractivity contribution < 1.29 is 9.53 Å². The van der Waals surface area contributed by atoms with Gasteiger partial charge >= 0.3 is 6.03 Å². The van der Waals surface area contributed by atoms with Crippen LogP contribution in [0.25, 0.3) is 0 Å². The summed E-state index contributed by atoms with van der Waals surface area (Å²) in [5.74, 6) is 0.989. The van der Waals surface area contributed by atoms with E-state index in [4.69, 9.17) is 4.74 Å². The fourth-order valence-electron chi connectivity index (χ4n) is 3.98. The highest BCUT2D eigenvalue weighted by molar-refractivity contribution is 5.74. The van der Waals surface area contributed by atoms with Crippen LogP contribution in [-0.2, 0) is 11.3 Å². The Kier molecular flexibility index (Phi) is 6.32. The minimum absolute atomic E-state index is 0.0302. The van der Waals surface area contributed by atoms with Crippen LogP contribution in [0.1, 0.15) is 32.3 Å². The first-order valence-corrected chi connectivity index (χ1v) is 9.53. The molecule has 0 saturated carbocycles. The van der Waals surface area contributed by atoms with E-state index >= 15 is 0 Å². The zero-order valence-corrected chi connectivity index (χ0v) is 15.4. The zero-order valence-electron chi connectivity index (χ0n) is 15.4. The molecular weight excluding hydrogens is 314 g/mol. The fraction of sp³-hybridized carbons (Fsp3) is 0.650. The largest absolute Gasteiger partial charge is 0.381 e. The van der Waals surface area contributed by atoms with E-state index in [0.29, 0.717) is 11.8 Å². The summed E-state index contributed by atoms with van der Waals surface area (Å²) >= 11 is 0. The Balaban J connectivity index is 1.44. The number of nitrogens with zero attached hydrogens (tertiary/aromatic N) is 1. The van der Waals surface area contributed by atoms with Crippen molar-refractivity contribution in [3.05, 3.63) is 35.9 Å². The molecule has 2 N–H and O–H groups in total. The number of benzene rings is 1. The van der Waals surface area contributed by atoms with Gasteiger partial charge in [0.2, 0.25) is 0 Å². The van der Waals surface area contributed by atoms with Gasteiger partial charge < -0.3 is 15.4 Å². The first-order valence-electron chi connectivity index (χ1n) is 9.53. The molecule has 0 unspecified atom stereocenters. The average Bonchev–Trinajstić information content (AvgIpc) is 2.95. The summed E-state index contributed by atoms with van der Waals surface area (Å²) in [6.07, 6.45) is 2.07. The summed E-state index contributed by atoms with van der Waals surface area (Å²) in [6, 6.07) is 10.9. The highest BCUT2D eigenvalue weighted by atomic mass is 16.5. The standard InChI is InChI=1S/C20H31N3O2/c1-15-12-23(13-17-6-4-3-5-7-17)14-19(15)22-20(24)21-16(2)18-8-10-25-11-9-18/h3-7,15-16,18-19H,8-14H2,1-2H3,(H2,21,22,24)/t15-,16+,19-/m1/s1. The van der Waals surface area contributed by atoms with Gasteiger partial charge in [0, 0.05) is 44.9 Å². The predicted molar refractivity (Wildman–Crippen MR) is 99.3 cm³/mol. The second-order valence-electron chi connectivity index (χ2n) is 7.62. The van der Waals surface area contributed by atoms with Crippen LogP contribution in [0.4, 0.5) is 4.79 Å². The normalized spacial score (nSPS) is 26.3. The van der Waals surface area contributed by atoms with Gasteiger partial charge in [-0.05, 0) is 37.2 Å². The molecule has 0 bridgehead atoms. The monoisotopic (exact) mass is 345 g/mol. The van der Waals surface area contributed by atoms with Crippen molar-refractivity contribution in [2.75, 3.05) is 26.3 Å². The summed E-state index contributed by atoms with van der Waals surface area (Å²) in [6.45, 7) is 8.83. The number of nitrogens with one attached hydrogen (secondary N) is 2. The van der Waals surface area contributed by atoms with Crippen LogP contribution in [0.3, 0.4) is 0 Å². The molecule has 3 rings (SSSR count). The number of likely N-dealkylation sites (tertiary alicyclic amines) is 1. The van der Waals surface area contributed by atoms with Crippen LogP contribution in [-0.4, -0.2) is 49.3 Å². The molecule has 0 radical (unpaired) electrons. The molecule has 2 fully saturated rings. The zero-order chi connectivity index (χ0) is 17.6. The number of ether oxygens (including phenoxy) is 1. The Morgan fingerprint density at radius 3 is 2.68 bits per heavy atom. The lowest BCUT2D eigenvalue weighted by atomic mass is 9.93. The number of urea groups is 1. The van der Waals surface area contributed by atoms with Gasteiger partial charge in [-0.2, -0.15) is 0 Å². The molecule has 2 aliphatic rings. The lowest BCUT2D eigenvalue weighted by molar-refractivity contribution is 0.0570. The van der Waals surface area contributed by atoms with Gasteiger partial charge in [-0.3, -0.25) is 4.90 Å². The van der Waals surface area contributed by atoms with Crippen LogP contribution in [0.15, 0.2) is 30.3 Å². The highest BCUT2D eigenvalue weighted by Crippen LogP contribution is 2.20. The SMILES string of the molecule is C[C@H](NC(=O)N[C@@H]1CN(Cc2ccccc2)C[C@H]1C)C1CCOCC1. The number of rotatable bonds is 5. The molecular formula is C20H31N3O2. The smallest absolute Gasteiger partial charge is 0.315 e. The van der Waals surface area contributed by atoms with Gasteiger partial charge in [-0.1, -0.05) is 37.3 Å². The summed E-state index contributed by atoms with van der Waals surface area (Å²) in [5, 5.41) is 6.33. The third kappa shape index (κ3) is 5.19. The molecule has 3 atom stereocenters. The van der Waals surface area contributed by atoms with Crippen molar-refractivity contribution in [3.8, 4) is 0 Å². The molecule has 2 amide bonds. The van der Waals surface area contributed by atoms with Crippen LogP contribution in [0.5, 0.6) is 0 Å². The van der Waals surface area contributed by atoms with Crippen molar-refractivity contribution in [2.24, 2.45) is 11.8 Å². The molecule has 2 heterocycles. The first kappa shape index (κ1) is 18.2. The maximum atomic E-state index is 12.4. The minimum Gasteiger partial charge on any atom is -0.381 e. The number of hydrogen-bond acceptors (Lipinski definition) is 3. The van der Waals surface area contributed by atoms with Crippen molar-refractivity contribution in [2.45, 2.75) is 45.3 Å². The lowest BCUT2D eigenvalue weighted by Crippen LogP contribution is -2.50. The van der Waals surface area contributed by atoms with Gasteiger partial charge in [-0.25, -0.2) is 4.79 Å². The van der Waals surface area contributed by atoms with E-state index in [1.165, 1.54) is 5.56 Å². The predicted octanol–water partition coefficient (Wildman–Crippen LogP) is 2.62. The second kappa shape index (κ2) is 8.68. The summed E-state index contributed by atoms with van der Waals surface area (Å²) < 4.78 is 5.40. The van der Waals surface area contributed by atoms with E-state index in [2.05, 4.69) is 53.6 Å². The number of carbonyl (C=O) groups is 1. The molecule has 2 aliphatic heterocycles. The van der Waals surface area contributed by atoms with Crippen LogP contribution in [0, 0.1) is 11.8 Å². The van der Waals surface area contributed by atoms with Crippen molar-refractivity contribution >= 4 is 6.03 Å². The molecule has 5 heteroatoms. The van der Waals surface area contributed by atoms with E-state index in [9.17, 15) is 4.79 Å². The molecule has 25 heavy (non-hydrogen) atoms. The Bertz CT molecular complexity index is 545. The number of hydrogen-bond donors (Lipinski definition) is 2. The maximum absolute atomic E-state index is 12.4. The minimum atomic E-state index is -0.0302. The molecule has 0 aromatic heterocycles. The highest BCUT2D eigenvalue weighted by Gasteiger charge is 2.31. The Morgan fingerprint density at radius 1 is 1.24 bits per heavy atom. The third-order valence-corrected chi connectivity index (χ3v) is 5.59. The van der Waals surface area contributed by atoms with Crippen LogP contribution < -0.4 is 10.6 Å². The number of carbonyl (C=O) groups excluding carboxylic acids is 1. The molecule has 1 aromatic carbocycles. The van der Waals surface area contributed by atoms with E-state index in [1.54, 1.807) is 0 Å². The molecule has 5 nitrogen and oxygen atoms in total. The topological polar surface area (TPSA) is 53.6 Å². The molecule has 0 aliphatic carbocycles. The quantitative estimate of drug-likeness (QED) is 0.862. The Labute approximate surface area is 151 Å². The van der Waals surface area contributed by atoms with Crippen LogP contribution in [0.2, 0.25) is 0 Å². The summed E-state index contributed by atoms with van der Waals surface area (Å²) in [4.78, 5) is 14.8. The van der Waals surface area contributed by atoms with Gasteiger partial charge in [0.15, 0.2) is 0 Å². The first-order chi connectivity index (χ1) is 12.1. The van der Waals surface area contributed by atoms with Crippen LogP contribution >= 0.6 is 0 Å². The lowest BCUT2D eigenvalue weighted by Gasteiger charge is -2.29. The Morgan fingerprint density at radius 2 is 1.96 bits per heavy atom. The summed E-state index contributed by atoms with van der Waals surface area (Å²) in [7, 11) is 0. The van der Waals surface area contributed by atoms with Gasteiger partial charge in [-0.15, -0.1) is 0 Å². The van der Waals surface area contributed by atoms with Crippen molar-refractivity contribution in [1.82, 2.24) is 15.5 Å². The van der Waals surface area contributed by atoms with Crippen molar-refractivity contribution in [3.63, 3.8) is 0 Å². The van der Waals surface area contributed by atoms with Gasteiger partial charge in [0.05, 0.1) is 0 Å². The average molecular weight is 345 g/mol. The van der Waals surface area contributed by atoms with E-state index in [-0.39, 0.29) is 18.1 Å².